The van der Waals surface area contributed by atoms with Crippen molar-refractivity contribution in [2.24, 2.45) is 0 Å². The zero-order valence-corrected chi connectivity index (χ0v) is 11.3. The van der Waals surface area contributed by atoms with Crippen LogP contribution in [0.1, 0.15) is 20.3 Å². The summed E-state index contributed by atoms with van der Waals surface area (Å²) in [6.07, 6.45) is 0.301. The molecule has 0 radical (unpaired) electrons. The average molecular weight is 283 g/mol. The van der Waals surface area contributed by atoms with E-state index in [-0.39, 0.29) is 10.6 Å². The maximum Gasteiger partial charge on any atom is 0.269 e. The summed E-state index contributed by atoms with van der Waals surface area (Å²) in [5.74, 6) is 0. The molecule has 0 fully saturated rings. The van der Waals surface area contributed by atoms with Gasteiger partial charge in [-0.15, -0.1) is 0 Å². The molecule has 1 unspecified atom stereocenters. The fourth-order valence-electron chi connectivity index (χ4n) is 1.28. The van der Waals surface area contributed by atoms with Gasteiger partial charge in [-0.1, -0.05) is 6.92 Å². The number of nitrogens with zero attached hydrogens (tertiary/aromatic N) is 2. The van der Waals surface area contributed by atoms with Crippen LogP contribution in [0, 0.1) is 21.4 Å². The first-order chi connectivity index (χ1) is 8.74. The van der Waals surface area contributed by atoms with E-state index in [0.717, 1.165) is 24.3 Å². The lowest BCUT2D eigenvalue weighted by Gasteiger charge is -2.20. The van der Waals surface area contributed by atoms with E-state index in [1.165, 1.54) is 6.92 Å². The molecule has 1 N–H and O–H groups in total. The third-order valence-corrected chi connectivity index (χ3v) is 4.28. The smallest absolute Gasteiger partial charge is 0.258 e. The van der Waals surface area contributed by atoms with Gasteiger partial charge in [0.15, 0.2) is 0 Å². The van der Waals surface area contributed by atoms with Crippen molar-refractivity contribution in [2.75, 3.05) is 0 Å². The normalized spacial score (nSPS) is 14.4. The van der Waals surface area contributed by atoms with Crippen LogP contribution >= 0.6 is 0 Å². The summed E-state index contributed by atoms with van der Waals surface area (Å²) < 4.78 is 26.3. The van der Waals surface area contributed by atoms with Gasteiger partial charge < -0.3 is 0 Å². The number of nitro groups is 1. The highest BCUT2D eigenvalue weighted by Crippen LogP contribution is 2.18. The van der Waals surface area contributed by atoms with Gasteiger partial charge in [0.25, 0.3) is 5.69 Å². The molecule has 8 heteroatoms. The maximum absolute atomic E-state index is 12.0. The Hall–Kier alpha value is -1.98. The standard InChI is InChI=1S/C11H13N3O4S/c1-3-11(2,8-12)13-19(17,18)10-6-4-9(5-7-10)14(15)16/h4-7,13H,3H2,1-2H3. The lowest BCUT2D eigenvalue weighted by molar-refractivity contribution is -0.384. The third kappa shape index (κ3) is 3.49. The number of hydrogen-bond acceptors (Lipinski definition) is 5. The predicted octanol–water partition coefficient (Wildman–Crippen LogP) is 1.57. The molecule has 0 amide bonds. The van der Waals surface area contributed by atoms with Crippen molar-refractivity contribution in [3.63, 3.8) is 0 Å². The first-order valence-electron chi connectivity index (χ1n) is 5.44. The van der Waals surface area contributed by atoms with Gasteiger partial charge in [-0.25, -0.2) is 8.42 Å². The highest BCUT2D eigenvalue weighted by molar-refractivity contribution is 7.89. The van der Waals surface area contributed by atoms with E-state index in [2.05, 4.69) is 4.72 Å². The fraction of sp³-hybridized carbons (Fsp3) is 0.364. The first kappa shape index (κ1) is 15.1. The molecule has 0 aliphatic carbocycles. The molecule has 0 heterocycles. The number of non-ortho nitro benzene ring substituents is 1. The van der Waals surface area contributed by atoms with Crippen LogP contribution in [-0.4, -0.2) is 18.9 Å². The SMILES string of the molecule is CCC(C)(C#N)NS(=O)(=O)c1ccc([N+](=O)[O-])cc1. The fourth-order valence-corrected chi connectivity index (χ4v) is 2.67. The highest BCUT2D eigenvalue weighted by Gasteiger charge is 2.29. The molecule has 0 spiro atoms. The molecular formula is C11H13N3O4S. The van der Waals surface area contributed by atoms with Crippen LogP contribution < -0.4 is 4.72 Å². The van der Waals surface area contributed by atoms with Crippen molar-refractivity contribution < 1.29 is 13.3 Å². The first-order valence-corrected chi connectivity index (χ1v) is 6.92. The van der Waals surface area contributed by atoms with Gasteiger partial charge in [0, 0.05) is 12.1 Å². The van der Waals surface area contributed by atoms with E-state index >= 15 is 0 Å². The molecule has 0 aromatic heterocycles. The number of rotatable bonds is 5. The molecule has 0 aliphatic rings. The van der Waals surface area contributed by atoms with Gasteiger partial charge in [0.2, 0.25) is 10.0 Å². The number of benzene rings is 1. The van der Waals surface area contributed by atoms with Crippen molar-refractivity contribution in [3.8, 4) is 6.07 Å². The second-order valence-electron chi connectivity index (χ2n) is 4.15. The van der Waals surface area contributed by atoms with Crippen molar-refractivity contribution >= 4 is 15.7 Å². The third-order valence-electron chi connectivity index (χ3n) is 2.67. The second-order valence-corrected chi connectivity index (χ2v) is 5.84. The predicted molar refractivity (Wildman–Crippen MR) is 67.7 cm³/mol. The van der Waals surface area contributed by atoms with Crippen LogP contribution in [0.15, 0.2) is 29.2 Å². The average Bonchev–Trinajstić information content (AvgIpc) is 2.38. The number of nitro benzene ring substituents is 1. The molecule has 0 saturated heterocycles. The van der Waals surface area contributed by atoms with Crippen molar-refractivity contribution in [1.29, 1.82) is 5.26 Å². The number of sulfonamides is 1. The van der Waals surface area contributed by atoms with Gasteiger partial charge >= 0.3 is 0 Å². The van der Waals surface area contributed by atoms with Crippen molar-refractivity contribution in [2.45, 2.75) is 30.7 Å². The lowest BCUT2D eigenvalue weighted by Crippen LogP contribution is -2.44. The largest absolute Gasteiger partial charge is 0.269 e. The van der Waals surface area contributed by atoms with E-state index in [9.17, 15) is 18.5 Å². The van der Waals surface area contributed by atoms with Gasteiger partial charge in [-0.3, -0.25) is 10.1 Å². The zero-order valence-electron chi connectivity index (χ0n) is 10.5. The molecule has 0 aliphatic heterocycles. The molecule has 1 atom stereocenters. The molecule has 7 nitrogen and oxygen atoms in total. The summed E-state index contributed by atoms with van der Waals surface area (Å²) >= 11 is 0. The van der Waals surface area contributed by atoms with Gasteiger partial charge in [-0.2, -0.15) is 9.98 Å². The van der Waals surface area contributed by atoms with Crippen LogP contribution in [0.5, 0.6) is 0 Å². The summed E-state index contributed by atoms with van der Waals surface area (Å²) in [6, 6.07) is 6.35. The van der Waals surface area contributed by atoms with Gasteiger partial charge in [0.05, 0.1) is 15.9 Å². The summed E-state index contributed by atoms with van der Waals surface area (Å²) in [5, 5.41) is 19.4. The van der Waals surface area contributed by atoms with E-state index in [0.29, 0.717) is 6.42 Å². The molecule has 0 bridgehead atoms. The van der Waals surface area contributed by atoms with Crippen LogP contribution in [0.2, 0.25) is 0 Å². The molecular weight excluding hydrogens is 270 g/mol. The Morgan fingerprint density at radius 1 is 1.42 bits per heavy atom. The van der Waals surface area contributed by atoms with Gasteiger partial charge in [-0.05, 0) is 25.5 Å². The quantitative estimate of drug-likeness (QED) is 0.650. The highest BCUT2D eigenvalue weighted by atomic mass is 32.2. The minimum atomic E-state index is -3.88. The summed E-state index contributed by atoms with van der Waals surface area (Å²) in [5.41, 5.74) is -1.40. The van der Waals surface area contributed by atoms with Crippen LogP contribution in [0.4, 0.5) is 5.69 Å². The van der Waals surface area contributed by atoms with Crippen molar-refractivity contribution in [1.82, 2.24) is 4.72 Å². The summed E-state index contributed by atoms with van der Waals surface area (Å²) in [4.78, 5) is 9.75. The van der Waals surface area contributed by atoms with Gasteiger partial charge in [0.1, 0.15) is 5.54 Å². The maximum atomic E-state index is 12.0. The zero-order chi connectivity index (χ0) is 14.7. The molecule has 0 saturated carbocycles. The molecule has 19 heavy (non-hydrogen) atoms. The Morgan fingerprint density at radius 3 is 2.32 bits per heavy atom. The number of hydrogen-bond donors (Lipinski definition) is 1. The summed E-state index contributed by atoms with van der Waals surface area (Å²) in [6.45, 7) is 3.15. The number of nitriles is 1. The Balaban J connectivity index is 3.08. The number of nitrogens with one attached hydrogen (secondary N) is 1. The topological polar surface area (TPSA) is 113 Å². The minimum absolute atomic E-state index is 0.118. The van der Waals surface area contributed by atoms with Crippen LogP contribution in [-0.2, 0) is 10.0 Å². The Morgan fingerprint density at radius 2 is 1.95 bits per heavy atom. The Labute approximate surface area is 111 Å². The lowest BCUT2D eigenvalue weighted by atomic mass is 10.0. The molecule has 1 aromatic carbocycles. The van der Waals surface area contributed by atoms with E-state index in [1.54, 1.807) is 6.92 Å². The Bertz CT molecular complexity index is 618. The second kappa shape index (κ2) is 5.34. The Kier molecular flexibility index (Phi) is 4.24. The monoisotopic (exact) mass is 283 g/mol. The van der Waals surface area contributed by atoms with E-state index < -0.39 is 20.5 Å². The van der Waals surface area contributed by atoms with Crippen LogP contribution in [0.3, 0.4) is 0 Å². The van der Waals surface area contributed by atoms with E-state index in [4.69, 9.17) is 5.26 Å². The van der Waals surface area contributed by atoms with E-state index in [1.807, 2.05) is 6.07 Å². The van der Waals surface area contributed by atoms with Crippen molar-refractivity contribution in [3.05, 3.63) is 34.4 Å². The molecule has 1 aromatic rings. The van der Waals surface area contributed by atoms with Crippen LogP contribution in [0.25, 0.3) is 0 Å². The minimum Gasteiger partial charge on any atom is -0.258 e. The molecule has 1 rings (SSSR count). The molecule has 102 valence electrons. The summed E-state index contributed by atoms with van der Waals surface area (Å²) in [7, 11) is -3.88.